The molecule has 0 amide bonds. The van der Waals surface area contributed by atoms with Crippen molar-refractivity contribution in [3.8, 4) is 0 Å². The zero-order valence-electron chi connectivity index (χ0n) is 13.1. The second-order valence-corrected chi connectivity index (χ2v) is 5.75. The van der Waals surface area contributed by atoms with E-state index in [1.54, 1.807) is 16.5 Å². The zero-order valence-corrected chi connectivity index (χ0v) is 13.1. The number of fused-ring (bicyclic) bond motifs is 1. The van der Waals surface area contributed by atoms with Crippen molar-refractivity contribution in [2.75, 3.05) is 29.9 Å². The SMILES string of the molecule is CN(c1cc(C(F)(F)F)ncn1)C1CN(c2ccc3nncn3n2)C1. The molecule has 3 aromatic heterocycles. The molecule has 0 aliphatic carbocycles. The Labute approximate surface area is 139 Å². The molecule has 25 heavy (non-hydrogen) atoms. The van der Waals surface area contributed by atoms with Gasteiger partial charge in [0.15, 0.2) is 5.65 Å². The minimum absolute atomic E-state index is 0.0365. The van der Waals surface area contributed by atoms with Crippen LogP contribution in [0.1, 0.15) is 5.69 Å². The molecule has 1 saturated heterocycles. The predicted octanol–water partition coefficient (Wildman–Crippen LogP) is 1.26. The van der Waals surface area contributed by atoms with Crippen LogP contribution in [-0.4, -0.2) is 56.0 Å². The Morgan fingerprint density at radius 1 is 1.20 bits per heavy atom. The summed E-state index contributed by atoms with van der Waals surface area (Å²) in [6.45, 7) is 1.25. The Balaban J connectivity index is 1.46. The Morgan fingerprint density at radius 2 is 2.00 bits per heavy atom. The van der Waals surface area contributed by atoms with Crippen LogP contribution in [0.3, 0.4) is 0 Å². The number of halogens is 3. The van der Waals surface area contributed by atoms with Gasteiger partial charge in [-0.2, -0.15) is 17.7 Å². The minimum atomic E-state index is -4.48. The summed E-state index contributed by atoms with van der Waals surface area (Å²) >= 11 is 0. The number of anilines is 2. The molecule has 8 nitrogen and oxygen atoms in total. The van der Waals surface area contributed by atoms with Gasteiger partial charge < -0.3 is 9.80 Å². The molecular weight excluding hydrogens is 337 g/mol. The van der Waals surface area contributed by atoms with Crippen LogP contribution >= 0.6 is 0 Å². The van der Waals surface area contributed by atoms with Crippen molar-refractivity contribution in [1.29, 1.82) is 0 Å². The van der Waals surface area contributed by atoms with Crippen LogP contribution in [-0.2, 0) is 6.18 Å². The van der Waals surface area contributed by atoms with Gasteiger partial charge in [-0.05, 0) is 12.1 Å². The second kappa shape index (κ2) is 5.53. The van der Waals surface area contributed by atoms with E-state index in [1.807, 2.05) is 17.0 Å². The Kier molecular flexibility index (Phi) is 3.44. The van der Waals surface area contributed by atoms with Gasteiger partial charge in [0.2, 0.25) is 0 Å². The van der Waals surface area contributed by atoms with E-state index in [0.29, 0.717) is 18.7 Å². The van der Waals surface area contributed by atoms with Crippen molar-refractivity contribution in [3.05, 3.63) is 36.5 Å². The maximum absolute atomic E-state index is 12.8. The van der Waals surface area contributed by atoms with Gasteiger partial charge in [0, 0.05) is 26.2 Å². The molecular formula is C14H13F3N8. The summed E-state index contributed by atoms with van der Waals surface area (Å²) in [5, 5.41) is 12.1. The van der Waals surface area contributed by atoms with Crippen molar-refractivity contribution < 1.29 is 13.2 Å². The third-order valence-corrected chi connectivity index (χ3v) is 4.19. The quantitative estimate of drug-likeness (QED) is 0.704. The molecule has 4 rings (SSSR count). The molecule has 4 heterocycles. The fraction of sp³-hybridized carbons (Fsp3) is 0.357. The summed E-state index contributed by atoms with van der Waals surface area (Å²) in [5.41, 5.74) is -0.293. The van der Waals surface area contributed by atoms with Gasteiger partial charge in [-0.1, -0.05) is 0 Å². The van der Waals surface area contributed by atoms with Crippen LogP contribution in [0, 0.1) is 0 Å². The average Bonchev–Trinajstić information content (AvgIpc) is 3.00. The van der Waals surface area contributed by atoms with E-state index in [9.17, 15) is 13.2 Å². The van der Waals surface area contributed by atoms with Gasteiger partial charge in [0.1, 0.15) is 30.0 Å². The standard InChI is InChI=1S/C14H13F3N8/c1-23(13-4-10(14(15,16)17)18-7-19-13)9-5-24(6-9)12-3-2-11-21-20-8-25(11)22-12/h2-4,7-9H,5-6H2,1H3. The summed E-state index contributed by atoms with van der Waals surface area (Å²) in [6, 6.07) is 4.65. The van der Waals surface area contributed by atoms with Crippen molar-refractivity contribution in [1.82, 2.24) is 29.8 Å². The number of hydrogen-bond donors (Lipinski definition) is 0. The first-order chi connectivity index (χ1) is 11.9. The number of rotatable bonds is 3. The van der Waals surface area contributed by atoms with Crippen molar-refractivity contribution >= 4 is 17.3 Å². The maximum Gasteiger partial charge on any atom is 0.433 e. The third kappa shape index (κ3) is 2.81. The molecule has 11 heteroatoms. The summed E-state index contributed by atoms with van der Waals surface area (Å²) in [4.78, 5) is 11.0. The van der Waals surface area contributed by atoms with Crippen molar-refractivity contribution in [3.63, 3.8) is 0 Å². The summed E-state index contributed by atoms with van der Waals surface area (Å²) < 4.78 is 39.9. The number of likely N-dealkylation sites (N-methyl/N-ethyl adjacent to an activating group) is 1. The van der Waals surface area contributed by atoms with Crippen LogP contribution in [0.5, 0.6) is 0 Å². The maximum atomic E-state index is 12.8. The van der Waals surface area contributed by atoms with Gasteiger partial charge >= 0.3 is 6.18 Å². The largest absolute Gasteiger partial charge is 0.433 e. The van der Waals surface area contributed by atoms with E-state index in [4.69, 9.17) is 0 Å². The van der Waals surface area contributed by atoms with E-state index in [-0.39, 0.29) is 11.9 Å². The molecule has 0 unspecified atom stereocenters. The summed E-state index contributed by atoms with van der Waals surface area (Å²) in [7, 11) is 1.72. The summed E-state index contributed by atoms with van der Waals surface area (Å²) in [6.07, 6.45) is -2.03. The van der Waals surface area contributed by atoms with Crippen LogP contribution < -0.4 is 9.80 Å². The molecule has 0 spiro atoms. The van der Waals surface area contributed by atoms with Gasteiger partial charge in [0.05, 0.1) is 6.04 Å². The number of nitrogens with zero attached hydrogens (tertiary/aromatic N) is 8. The first-order valence-electron chi connectivity index (χ1n) is 7.46. The molecule has 3 aromatic rings. The molecule has 0 radical (unpaired) electrons. The topological polar surface area (TPSA) is 75.3 Å². The van der Waals surface area contributed by atoms with E-state index in [2.05, 4.69) is 25.3 Å². The number of alkyl halides is 3. The van der Waals surface area contributed by atoms with E-state index < -0.39 is 11.9 Å². The predicted molar refractivity (Wildman–Crippen MR) is 82.2 cm³/mol. The highest BCUT2D eigenvalue weighted by atomic mass is 19.4. The smallest absolute Gasteiger partial charge is 0.353 e. The molecule has 0 atom stereocenters. The molecule has 1 aliphatic rings. The van der Waals surface area contributed by atoms with Gasteiger partial charge in [0.25, 0.3) is 0 Å². The van der Waals surface area contributed by atoms with Crippen LogP contribution in [0.2, 0.25) is 0 Å². The van der Waals surface area contributed by atoms with Crippen molar-refractivity contribution in [2.45, 2.75) is 12.2 Å². The Hall–Kier alpha value is -2.98. The minimum Gasteiger partial charge on any atom is -0.353 e. The molecule has 0 saturated carbocycles. The van der Waals surface area contributed by atoms with Crippen LogP contribution in [0.15, 0.2) is 30.9 Å². The molecule has 130 valence electrons. The van der Waals surface area contributed by atoms with E-state index in [0.717, 1.165) is 18.2 Å². The number of aromatic nitrogens is 6. The average molecular weight is 350 g/mol. The molecule has 1 fully saturated rings. The molecule has 1 aliphatic heterocycles. The normalized spacial score (nSPS) is 15.4. The first-order valence-corrected chi connectivity index (χ1v) is 7.46. The Morgan fingerprint density at radius 3 is 2.76 bits per heavy atom. The fourth-order valence-electron chi connectivity index (χ4n) is 2.66. The van der Waals surface area contributed by atoms with Crippen molar-refractivity contribution in [2.24, 2.45) is 0 Å². The summed E-state index contributed by atoms with van der Waals surface area (Å²) in [5.74, 6) is 1.00. The number of hydrogen-bond acceptors (Lipinski definition) is 7. The Bertz CT molecular complexity index is 902. The van der Waals surface area contributed by atoms with Gasteiger partial charge in [-0.3, -0.25) is 0 Å². The highest BCUT2D eigenvalue weighted by Gasteiger charge is 2.35. The monoisotopic (exact) mass is 350 g/mol. The van der Waals surface area contributed by atoms with E-state index >= 15 is 0 Å². The van der Waals surface area contributed by atoms with Gasteiger partial charge in [-0.25, -0.2) is 9.97 Å². The highest BCUT2D eigenvalue weighted by molar-refractivity contribution is 5.50. The lowest BCUT2D eigenvalue weighted by Crippen LogP contribution is -2.59. The first kappa shape index (κ1) is 15.5. The molecule has 0 bridgehead atoms. The fourth-order valence-corrected chi connectivity index (χ4v) is 2.66. The van der Waals surface area contributed by atoms with E-state index in [1.165, 1.54) is 6.33 Å². The van der Waals surface area contributed by atoms with Crippen LogP contribution in [0.25, 0.3) is 5.65 Å². The third-order valence-electron chi connectivity index (χ3n) is 4.19. The molecule has 0 N–H and O–H groups in total. The lowest BCUT2D eigenvalue weighted by atomic mass is 10.1. The lowest BCUT2D eigenvalue weighted by molar-refractivity contribution is -0.141. The lowest BCUT2D eigenvalue weighted by Gasteiger charge is -2.44. The van der Waals surface area contributed by atoms with Crippen LogP contribution in [0.4, 0.5) is 24.8 Å². The highest BCUT2D eigenvalue weighted by Crippen LogP contribution is 2.30. The second-order valence-electron chi connectivity index (χ2n) is 5.75. The molecule has 0 aromatic carbocycles. The zero-order chi connectivity index (χ0) is 17.6. The van der Waals surface area contributed by atoms with Gasteiger partial charge in [-0.15, -0.1) is 15.3 Å².